The number of aryl methyl sites for hydroxylation is 2. The van der Waals surface area contributed by atoms with E-state index < -0.39 is 0 Å². The predicted octanol–water partition coefficient (Wildman–Crippen LogP) is 7.98. The van der Waals surface area contributed by atoms with E-state index in [0.717, 1.165) is 42.9 Å². The van der Waals surface area contributed by atoms with Gasteiger partial charge in [0, 0.05) is 24.2 Å². The Bertz CT molecular complexity index is 1240. The van der Waals surface area contributed by atoms with E-state index in [2.05, 4.69) is 123 Å². The second-order valence-electron chi connectivity index (χ2n) is 8.48. The van der Waals surface area contributed by atoms with Gasteiger partial charge < -0.3 is 4.90 Å². The Hall–Kier alpha value is -3.59. The molecular weight excluding hydrogens is 414 g/mol. The molecule has 4 aromatic carbocycles. The molecule has 174 valence electrons. The van der Waals surface area contributed by atoms with Crippen molar-refractivity contribution < 1.29 is 0 Å². The fraction of sp³-hybridized carbons (Fsp3) is 0.258. The SMILES string of the molecule is CCc1ccc(N(/N=C/c2ccc(N(CC)CC)cc2)c2ccc(CC)c3ccccc23)cc1. The highest BCUT2D eigenvalue weighted by atomic mass is 15.5. The molecule has 0 aliphatic carbocycles. The summed E-state index contributed by atoms with van der Waals surface area (Å²) in [6.45, 7) is 10.8. The molecule has 0 amide bonds. The second kappa shape index (κ2) is 11.0. The van der Waals surface area contributed by atoms with Crippen LogP contribution in [0.1, 0.15) is 44.4 Å². The minimum atomic E-state index is 1.01. The fourth-order valence-corrected chi connectivity index (χ4v) is 4.46. The third kappa shape index (κ3) is 4.99. The average molecular weight is 450 g/mol. The summed E-state index contributed by atoms with van der Waals surface area (Å²) >= 11 is 0. The summed E-state index contributed by atoms with van der Waals surface area (Å²) in [5.41, 5.74) is 7.16. The van der Waals surface area contributed by atoms with Crippen molar-refractivity contribution in [3.05, 3.63) is 102 Å². The molecule has 0 saturated carbocycles. The zero-order chi connectivity index (χ0) is 23.9. The van der Waals surface area contributed by atoms with Crippen molar-refractivity contribution in [2.24, 2.45) is 5.10 Å². The van der Waals surface area contributed by atoms with Crippen LogP contribution >= 0.6 is 0 Å². The molecule has 0 saturated heterocycles. The van der Waals surface area contributed by atoms with Gasteiger partial charge in [-0.05, 0) is 79.1 Å². The Morgan fingerprint density at radius 2 is 1.29 bits per heavy atom. The summed E-state index contributed by atoms with van der Waals surface area (Å²) in [7, 11) is 0. The van der Waals surface area contributed by atoms with Crippen molar-refractivity contribution in [2.75, 3.05) is 23.0 Å². The van der Waals surface area contributed by atoms with Gasteiger partial charge in [0.05, 0.1) is 17.6 Å². The minimum Gasteiger partial charge on any atom is -0.372 e. The van der Waals surface area contributed by atoms with E-state index in [4.69, 9.17) is 5.10 Å². The summed E-state index contributed by atoms with van der Waals surface area (Å²) in [6, 6.07) is 30.5. The summed E-state index contributed by atoms with van der Waals surface area (Å²) in [5, 5.41) is 9.58. The van der Waals surface area contributed by atoms with E-state index in [1.54, 1.807) is 0 Å². The molecule has 0 spiro atoms. The summed E-state index contributed by atoms with van der Waals surface area (Å²) < 4.78 is 0. The molecule has 3 nitrogen and oxygen atoms in total. The maximum absolute atomic E-state index is 5.01. The van der Waals surface area contributed by atoms with Crippen molar-refractivity contribution in [2.45, 2.75) is 40.5 Å². The van der Waals surface area contributed by atoms with Gasteiger partial charge in [0.1, 0.15) is 0 Å². The van der Waals surface area contributed by atoms with Crippen LogP contribution in [0.5, 0.6) is 0 Å². The van der Waals surface area contributed by atoms with E-state index in [1.807, 2.05) is 6.21 Å². The summed E-state index contributed by atoms with van der Waals surface area (Å²) in [6.07, 6.45) is 3.99. The Balaban J connectivity index is 1.76. The van der Waals surface area contributed by atoms with Crippen LogP contribution in [0.2, 0.25) is 0 Å². The average Bonchev–Trinajstić information content (AvgIpc) is 2.90. The van der Waals surface area contributed by atoms with Crippen LogP contribution in [0.3, 0.4) is 0 Å². The van der Waals surface area contributed by atoms with Gasteiger partial charge >= 0.3 is 0 Å². The van der Waals surface area contributed by atoms with Gasteiger partial charge in [-0.2, -0.15) is 5.10 Å². The molecule has 0 bridgehead atoms. The van der Waals surface area contributed by atoms with E-state index >= 15 is 0 Å². The zero-order valence-corrected chi connectivity index (χ0v) is 20.8. The quantitative estimate of drug-likeness (QED) is 0.190. The second-order valence-corrected chi connectivity index (χ2v) is 8.48. The lowest BCUT2D eigenvalue weighted by Gasteiger charge is -2.23. The van der Waals surface area contributed by atoms with Crippen molar-refractivity contribution in [1.29, 1.82) is 0 Å². The van der Waals surface area contributed by atoms with Crippen LogP contribution in [0.25, 0.3) is 10.8 Å². The van der Waals surface area contributed by atoms with Gasteiger partial charge in [-0.25, -0.2) is 5.01 Å². The molecule has 0 heterocycles. The molecule has 0 aromatic heterocycles. The highest BCUT2D eigenvalue weighted by Gasteiger charge is 2.13. The van der Waals surface area contributed by atoms with E-state index in [-0.39, 0.29) is 0 Å². The number of hydrazone groups is 1. The summed E-state index contributed by atoms with van der Waals surface area (Å²) in [4.78, 5) is 2.35. The lowest BCUT2D eigenvalue weighted by Crippen LogP contribution is -2.21. The fourth-order valence-electron chi connectivity index (χ4n) is 4.46. The molecule has 4 aromatic rings. The van der Waals surface area contributed by atoms with Gasteiger partial charge in [-0.3, -0.25) is 0 Å². The molecule has 0 aliphatic heterocycles. The van der Waals surface area contributed by atoms with Gasteiger partial charge in [-0.15, -0.1) is 0 Å². The molecule has 3 heteroatoms. The number of anilines is 3. The molecular formula is C31H35N3. The Labute approximate surface area is 204 Å². The maximum Gasteiger partial charge on any atom is 0.0731 e. The van der Waals surface area contributed by atoms with Gasteiger partial charge in [0.15, 0.2) is 0 Å². The standard InChI is InChI=1S/C31H35N3/c1-5-24-13-20-28(21-14-24)34(31-22-17-26(6-2)29-11-9-10-12-30(29)31)32-23-25-15-18-27(19-16-25)33(7-3)8-4/h9-23H,5-8H2,1-4H3/b32-23+. The van der Waals surface area contributed by atoms with Gasteiger partial charge in [0.25, 0.3) is 0 Å². The van der Waals surface area contributed by atoms with Gasteiger partial charge in [-0.1, -0.05) is 68.4 Å². The molecule has 0 N–H and O–H groups in total. The van der Waals surface area contributed by atoms with Crippen LogP contribution < -0.4 is 9.91 Å². The topological polar surface area (TPSA) is 18.8 Å². The van der Waals surface area contributed by atoms with Crippen LogP contribution in [0.15, 0.2) is 90.0 Å². The molecule has 34 heavy (non-hydrogen) atoms. The molecule has 0 radical (unpaired) electrons. The lowest BCUT2D eigenvalue weighted by atomic mass is 10.0. The normalized spacial score (nSPS) is 11.3. The number of rotatable bonds is 9. The molecule has 0 unspecified atom stereocenters. The predicted molar refractivity (Wildman–Crippen MR) is 149 cm³/mol. The van der Waals surface area contributed by atoms with E-state index in [1.165, 1.54) is 27.6 Å². The summed E-state index contributed by atoms with van der Waals surface area (Å²) in [5.74, 6) is 0. The number of nitrogens with zero attached hydrogens (tertiary/aromatic N) is 3. The number of benzene rings is 4. The zero-order valence-electron chi connectivity index (χ0n) is 20.8. The van der Waals surface area contributed by atoms with Crippen molar-refractivity contribution in [1.82, 2.24) is 0 Å². The highest BCUT2D eigenvalue weighted by molar-refractivity contribution is 5.98. The number of hydrogen-bond donors (Lipinski definition) is 0. The monoisotopic (exact) mass is 449 g/mol. The lowest BCUT2D eigenvalue weighted by molar-refractivity contribution is 0.866. The van der Waals surface area contributed by atoms with E-state index in [0.29, 0.717) is 0 Å². The first-order valence-electron chi connectivity index (χ1n) is 12.5. The Kier molecular flexibility index (Phi) is 7.64. The van der Waals surface area contributed by atoms with Crippen LogP contribution in [0.4, 0.5) is 17.1 Å². The first kappa shape index (κ1) is 23.6. The number of hydrogen-bond acceptors (Lipinski definition) is 3. The van der Waals surface area contributed by atoms with Crippen molar-refractivity contribution >= 4 is 34.0 Å². The first-order chi connectivity index (χ1) is 16.7. The highest BCUT2D eigenvalue weighted by Crippen LogP contribution is 2.35. The third-order valence-corrected chi connectivity index (χ3v) is 6.53. The first-order valence-corrected chi connectivity index (χ1v) is 12.5. The maximum atomic E-state index is 5.01. The van der Waals surface area contributed by atoms with Gasteiger partial charge in [0.2, 0.25) is 0 Å². The minimum absolute atomic E-state index is 1.01. The smallest absolute Gasteiger partial charge is 0.0731 e. The van der Waals surface area contributed by atoms with Crippen LogP contribution in [-0.2, 0) is 12.8 Å². The Morgan fingerprint density at radius 1 is 0.647 bits per heavy atom. The van der Waals surface area contributed by atoms with Crippen molar-refractivity contribution in [3.8, 4) is 0 Å². The molecule has 4 rings (SSSR count). The van der Waals surface area contributed by atoms with Crippen LogP contribution in [0, 0.1) is 0 Å². The Morgan fingerprint density at radius 3 is 1.91 bits per heavy atom. The van der Waals surface area contributed by atoms with Crippen molar-refractivity contribution in [3.63, 3.8) is 0 Å². The molecule has 0 atom stereocenters. The third-order valence-electron chi connectivity index (χ3n) is 6.53. The number of fused-ring (bicyclic) bond motifs is 1. The largest absolute Gasteiger partial charge is 0.372 e. The molecule has 0 fully saturated rings. The van der Waals surface area contributed by atoms with E-state index in [9.17, 15) is 0 Å². The molecule has 0 aliphatic rings. The van der Waals surface area contributed by atoms with Crippen LogP contribution in [-0.4, -0.2) is 19.3 Å².